The Morgan fingerprint density at radius 3 is 1.79 bits per heavy atom. The van der Waals surface area contributed by atoms with E-state index in [0.717, 1.165) is 5.56 Å². The third kappa shape index (κ3) is 52.3. The molecule has 0 saturated heterocycles. The summed E-state index contributed by atoms with van der Waals surface area (Å²) in [6.45, 7) is 27.7. The standard InChI is InChI=1S/C20H24O5.6CO.2Co/c1-24-20(23)14-13-19(22)11-6-5-10-18(21)12-7-15-25-16-17-8-3-2-4-9-17;6*1-2;;/h2-6,8-9,13-14,18-19,21-22H,10-11,15-16H2,1H3;;;;;;;;/b6-5-,14-13+;;;;;;;;/t18?,19-;;;;;;;;/m0......../s1. The second-order valence-electron chi connectivity index (χ2n) is 5.21. The summed E-state index contributed by atoms with van der Waals surface area (Å²) in [4.78, 5) is 10.9. The molecule has 1 rings (SSSR count). The molecular weight excluding hydrogens is 606 g/mol. The molecule has 0 aliphatic rings. The van der Waals surface area contributed by atoms with Crippen molar-refractivity contribution in [2.75, 3.05) is 13.7 Å². The van der Waals surface area contributed by atoms with Gasteiger partial charge in [-0.3, -0.25) is 0 Å². The van der Waals surface area contributed by atoms with Crippen molar-refractivity contribution >= 4 is 5.97 Å². The van der Waals surface area contributed by atoms with Gasteiger partial charge in [0.05, 0.1) is 19.8 Å². The van der Waals surface area contributed by atoms with E-state index in [4.69, 9.17) is 32.6 Å². The maximum Gasteiger partial charge on any atom is 0 e. The molecule has 1 aromatic carbocycles. The van der Waals surface area contributed by atoms with E-state index in [1.165, 1.54) is 19.3 Å². The Balaban J connectivity index is -0.000000101. The van der Waals surface area contributed by atoms with Crippen molar-refractivity contribution < 1.29 is 86.0 Å². The third-order valence-corrected chi connectivity index (χ3v) is 3.11. The number of hydrogen-bond acceptors (Lipinski definition) is 5. The number of methoxy groups -OCH3 is 1. The Kier molecular flexibility index (Phi) is 86.5. The molecule has 0 bridgehead atoms. The first-order valence-electron chi connectivity index (χ1n) is 9.21. The first-order valence-corrected chi connectivity index (χ1v) is 9.21. The summed E-state index contributed by atoms with van der Waals surface area (Å²) >= 11 is 0. The van der Waals surface area contributed by atoms with Gasteiger partial charge in [0.1, 0.15) is 12.7 Å². The molecule has 0 fully saturated rings. The summed E-state index contributed by atoms with van der Waals surface area (Å²) < 4.78 is 54.8. The predicted molar refractivity (Wildman–Crippen MR) is 119 cm³/mol. The van der Waals surface area contributed by atoms with Crippen LogP contribution in [0.25, 0.3) is 0 Å². The van der Waals surface area contributed by atoms with Crippen LogP contribution in [0.5, 0.6) is 0 Å². The smallest absolute Gasteiger partial charge is 0 e. The molecule has 0 aromatic heterocycles. The molecule has 0 aliphatic carbocycles. The van der Waals surface area contributed by atoms with E-state index in [0.29, 0.717) is 19.4 Å². The molecule has 39 heavy (non-hydrogen) atoms. The summed E-state index contributed by atoms with van der Waals surface area (Å²) in [5.41, 5.74) is 1.08. The maximum atomic E-state index is 10.9. The van der Waals surface area contributed by atoms with Gasteiger partial charge in [0.15, 0.2) is 0 Å². The molecule has 0 amide bonds. The number of carbonyl (C=O) groups is 1. The topological polar surface area (TPSA) is 195 Å². The zero-order valence-electron chi connectivity index (χ0n) is 20.4. The van der Waals surface area contributed by atoms with Crippen LogP contribution in [-0.4, -0.2) is 42.1 Å². The monoisotopic (exact) mass is 630 g/mol. The molecule has 2 radical (unpaired) electrons. The zero-order valence-corrected chi connectivity index (χ0v) is 22.5. The van der Waals surface area contributed by atoms with Crippen molar-refractivity contribution in [3.63, 3.8) is 0 Å². The van der Waals surface area contributed by atoms with Crippen LogP contribution >= 0.6 is 0 Å². The van der Waals surface area contributed by atoms with E-state index in [1.807, 2.05) is 30.3 Å². The number of benzene rings is 1. The number of aliphatic hydroxyl groups excluding tert-OH is 2. The average molecular weight is 630 g/mol. The van der Waals surface area contributed by atoms with Gasteiger partial charge < -0.3 is 19.7 Å². The molecule has 11 nitrogen and oxygen atoms in total. The van der Waals surface area contributed by atoms with E-state index < -0.39 is 18.2 Å². The van der Waals surface area contributed by atoms with E-state index in [2.05, 4.69) is 56.5 Å². The largest absolute Gasteiger partial charge is 0 e. The summed E-state index contributed by atoms with van der Waals surface area (Å²) in [6, 6.07) is 9.79. The summed E-state index contributed by atoms with van der Waals surface area (Å²) in [5, 5.41) is 19.3. The second kappa shape index (κ2) is 59.9. The Morgan fingerprint density at radius 1 is 0.872 bits per heavy atom. The van der Waals surface area contributed by atoms with E-state index in [-0.39, 0.29) is 40.2 Å². The van der Waals surface area contributed by atoms with Crippen LogP contribution in [0.15, 0.2) is 54.6 Å². The van der Waals surface area contributed by atoms with Crippen molar-refractivity contribution in [1.82, 2.24) is 0 Å². The fourth-order valence-electron chi connectivity index (χ4n) is 1.81. The van der Waals surface area contributed by atoms with Gasteiger partial charge >= 0.3 is 73.8 Å². The van der Waals surface area contributed by atoms with Gasteiger partial charge in [-0.1, -0.05) is 54.3 Å². The maximum absolute atomic E-state index is 10.9. The summed E-state index contributed by atoms with van der Waals surface area (Å²) in [6.07, 6.45) is 5.14. The third-order valence-electron chi connectivity index (χ3n) is 3.11. The van der Waals surface area contributed by atoms with Crippen molar-refractivity contribution in [3.05, 3.63) is 100 Å². The SMILES string of the molecule is COC(=O)/C=C/[C@@H](O)C/C=C\CC(O)C#CCOCc1ccccc1.[C-]#[O+].[C-]#[O+].[C-]#[O+].[C-]#[O+].[C-]#[O+].[C-]#[O+].[Co].[Co]. The molecule has 0 saturated carbocycles. The molecule has 0 aliphatic heterocycles. The molecule has 1 aromatic rings. The normalized spacial score (nSPS) is 8.90. The fraction of sp³-hybridized carbons (Fsp3) is 0.269. The number of esters is 1. The zero-order chi connectivity index (χ0) is 30.3. The molecular formula is C26H24Co2O11. The number of hydrogen-bond donors (Lipinski definition) is 2. The molecule has 2 N–H and O–H groups in total. The number of aliphatic hydroxyl groups is 2. The number of carbonyl (C=O) groups excluding carboxylic acids is 1. The molecule has 0 heterocycles. The van der Waals surface area contributed by atoms with Gasteiger partial charge in [-0.25, -0.2) is 4.79 Å². The number of rotatable bonds is 9. The van der Waals surface area contributed by atoms with Crippen molar-refractivity contribution in [2.24, 2.45) is 0 Å². The van der Waals surface area contributed by atoms with Crippen molar-refractivity contribution in [1.29, 1.82) is 0 Å². The van der Waals surface area contributed by atoms with Crippen LogP contribution in [0.4, 0.5) is 0 Å². The average Bonchev–Trinajstić information content (AvgIpc) is 3.00. The van der Waals surface area contributed by atoms with E-state index in [1.54, 1.807) is 12.2 Å². The first kappa shape index (κ1) is 56.3. The van der Waals surface area contributed by atoms with Crippen LogP contribution < -0.4 is 0 Å². The first-order chi connectivity index (χ1) is 18.1. The van der Waals surface area contributed by atoms with Crippen molar-refractivity contribution in [2.45, 2.75) is 31.7 Å². The summed E-state index contributed by atoms with van der Waals surface area (Å²) in [7, 11) is 1.27. The molecule has 1 unspecified atom stereocenters. The molecule has 0 spiro atoms. The van der Waals surface area contributed by atoms with E-state index in [9.17, 15) is 15.0 Å². The van der Waals surface area contributed by atoms with Gasteiger partial charge in [0.2, 0.25) is 0 Å². The number of ether oxygens (including phenoxy) is 2. The van der Waals surface area contributed by atoms with Crippen LogP contribution in [0.1, 0.15) is 18.4 Å². The van der Waals surface area contributed by atoms with Crippen LogP contribution in [0, 0.1) is 51.7 Å². The minimum Gasteiger partial charge on any atom is 0 e. The van der Waals surface area contributed by atoms with Gasteiger partial charge in [0, 0.05) is 46.1 Å². The minimum absolute atomic E-state index is 0. The Bertz CT molecular complexity index is 829. The molecule has 2 atom stereocenters. The quantitative estimate of drug-likeness (QED) is 0.0797. The van der Waals surface area contributed by atoms with Gasteiger partial charge in [0.25, 0.3) is 0 Å². The van der Waals surface area contributed by atoms with Crippen LogP contribution in [0.3, 0.4) is 0 Å². The van der Waals surface area contributed by atoms with Crippen molar-refractivity contribution in [3.8, 4) is 11.8 Å². The van der Waals surface area contributed by atoms with Gasteiger partial charge in [-0.15, -0.1) is 0 Å². The second-order valence-corrected chi connectivity index (χ2v) is 5.21. The Morgan fingerprint density at radius 2 is 1.33 bits per heavy atom. The van der Waals surface area contributed by atoms with Gasteiger partial charge in [-0.2, -0.15) is 0 Å². The Hall–Kier alpha value is -2.94. The predicted octanol–water partition coefficient (Wildman–Crippen LogP) is 1.76. The summed E-state index contributed by atoms with van der Waals surface area (Å²) in [5.74, 6) is 4.96. The van der Waals surface area contributed by atoms with E-state index >= 15 is 0 Å². The van der Waals surface area contributed by atoms with Crippen LogP contribution in [-0.2, 0) is 82.3 Å². The molecule has 212 valence electrons. The fourth-order valence-corrected chi connectivity index (χ4v) is 1.81. The van der Waals surface area contributed by atoms with Crippen LogP contribution in [0.2, 0.25) is 0 Å². The minimum atomic E-state index is -0.778. The van der Waals surface area contributed by atoms with Gasteiger partial charge in [-0.05, 0) is 18.1 Å². The molecule has 13 heteroatoms. The Labute approximate surface area is 248 Å².